The zero-order valence-corrected chi connectivity index (χ0v) is 22.2. The molecule has 0 aliphatic carbocycles. The van der Waals surface area contributed by atoms with Gasteiger partial charge in [0.2, 0.25) is 10.0 Å². The Kier molecular flexibility index (Phi) is 9.52. The standard InChI is InChI=1S/C27H39N3O5S/c1-4-27(15-8-16-35-27)26(32)29-24(17-21-9-6-5-7-10-21)25(31)19-30(18-20(2)3)36(33,34)23-13-11-22(28)12-14-23/h5-7,9-14,20,24-25,31H,4,8,15-19,28H2,1-3H3,(H,29,32)/t24-,25+,27?/m0/s1. The van der Waals surface area contributed by atoms with Gasteiger partial charge in [-0.05, 0) is 61.4 Å². The van der Waals surface area contributed by atoms with E-state index in [9.17, 15) is 18.3 Å². The Balaban J connectivity index is 1.87. The van der Waals surface area contributed by atoms with E-state index in [0.29, 0.717) is 31.6 Å². The summed E-state index contributed by atoms with van der Waals surface area (Å²) in [5.74, 6) is -0.238. The van der Waals surface area contributed by atoms with Gasteiger partial charge in [-0.25, -0.2) is 8.42 Å². The second kappa shape index (κ2) is 12.2. The molecule has 0 aromatic heterocycles. The van der Waals surface area contributed by atoms with Crippen LogP contribution in [0, 0.1) is 5.92 Å². The fraction of sp³-hybridized carbons (Fsp3) is 0.519. The van der Waals surface area contributed by atoms with Crippen molar-refractivity contribution in [3.8, 4) is 0 Å². The summed E-state index contributed by atoms with van der Waals surface area (Å²) in [6, 6.07) is 14.8. The molecule has 0 saturated carbocycles. The summed E-state index contributed by atoms with van der Waals surface area (Å²) in [5, 5.41) is 14.4. The highest BCUT2D eigenvalue weighted by Gasteiger charge is 2.42. The van der Waals surface area contributed by atoms with Gasteiger partial charge in [-0.2, -0.15) is 4.31 Å². The number of sulfonamides is 1. The van der Waals surface area contributed by atoms with Gasteiger partial charge in [-0.3, -0.25) is 4.79 Å². The predicted octanol–water partition coefficient (Wildman–Crippen LogP) is 2.96. The van der Waals surface area contributed by atoms with Crippen LogP contribution in [0.5, 0.6) is 0 Å². The van der Waals surface area contributed by atoms with Crippen molar-refractivity contribution < 1.29 is 23.1 Å². The summed E-state index contributed by atoms with van der Waals surface area (Å²) in [6.45, 7) is 6.33. The number of hydrogen-bond donors (Lipinski definition) is 3. The van der Waals surface area contributed by atoms with E-state index < -0.39 is 27.8 Å². The van der Waals surface area contributed by atoms with E-state index in [1.165, 1.54) is 16.4 Å². The van der Waals surface area contributed by atoms with Crippen LogP contribution >= 0.6 is 0 Å². The van der Waals surface area contributed by atoms with Gasteiger partial charge < -0.3 is 20.9 Å². The summed E-state index contributed by atoms with van der Waals surface area (Å²) < 4.78 is 34.1. The molecule has 4 N–H and O–H groups in total. The number of amides is 1. The minimum atomic E-state index is -3.89. The number of carbonyl (C=O) groups excluding carboxylic acids is 1. The maximum Gasteiger partial charge on any atom is 0.252 e. The molecule has 198 valence electrons. The number of nitrogens with one attached hydrogen (secondary N) is 1. The first kappa shape index (κ1) is 28.1. The number of ether oxygens (including phenoxy) is 1. The third-order valence-electron chi connectivity index (χ3n) is 6.64. The van der Waals surface area contributed by atoms with Crippen LogP contribution in [0.1, 0.15) is 45.6 Å². The van der Waals surface area contributed by atoms with Crippen LogP contribution in [0.4, 0.5) is 5.69 Å². The summed E-state index contributed by atoms with van der Waals surface area (Å²) >= 11 is 0. The lowest BCUT2D eigenvalue weighted by Gasteiger charge is -2.33. The number of benzene rings is 2. The first-order valence-electron chi connectivity index (χ1n) is 12.6. The molecule has 2 aromatic carbocycles. The lowest BCUT2D eigenvalue weighted by Crippen LogP contribution is -2.56. The van der Waals surface area contributed by atoms with Crippen molar-refractivity contribution in [2.75, 3.05) is 25.4 Å². The highest BCUT2D eigenvalue weighted by Crippen LogP contribution is 2.30. The van der Waals surface area contributed by atoms with Crippen LogP contribution in [0.25, 0.3) is 0 Å². The average molecular weight is 518 g/mol. The van der Waals surface area contributed by atoms with Crippen molar-refractivity contribution in [2.24, 2.45) is 5.92 Å². The molecule has 0 radical (unpaired) electrons. The van der Waals surface area contributed by atoms with Gasteiger partial charge in [-0.1, -0.05) is 51.1 Å². The topological polar surface area (TPSA) is 122 Å². The molecular weight excluding hydrogens is 478 g/mol. The predicted molar refractivity (Wildman–Crippen MR) is 141 cm³/mol. The average Bonchev–Trinajstić information content (AvgIpc) is 3.34. The molecule has 0 bridgehead atoms. The second-order valence-corrected chi connectivity index (χ2v) is 11.9. The van der Waals surface area contributed by atoms with Crippen molar-refractivity contribution in [2.45, 2.75) is 69.1 Å². The smallest absolute Gasteiger partial charge is 0.252 e. The molecule has 8 nitrogen and oxygen atoms in total. The molecule has 1 amide bonds. The van der Waals surface area contributed by atoms with E-state index in [1.807, 2.05) is 51.1 Å². The van der Waals surface area contributed by atoms with Crippen molar-refractivity contribution in [1.82, 2.24) is 9.62 Å². The molecule has 1 saturated heterocycles. The van der Waals surface area contributed by atoms with Gasteiger partial charge in [0.05, 0.1) is 17.0 Å². The van der Waals surface area contributed by atoms with Crippen LogP contribution in [0.15, 0.2) is 59.5 Å². The van der Waals surface area contributed by atoms with Crippen LogP contribution in [0.2, 0.25) is 0 Å². The number of nitrogens with two attached hydrogens (primary N) is 1. The molecule has 2 aromatic rings. The maximum atomic E-state index is 13.5. The van der Waals surface area contributed by atoms with Crippen molar-refractivity contribution in [1.29, 1.82) is 0 Å². The minimum Gasteiger partial charge on any atom is -0.399 e. The highest BCUT2D eigenvalue weighted by molar-refractivity contribution is 7.89. The number of nitrogen functional groups attached to an aromatic ring is 1. The van der Waals surface area contributed by atoms with Gasteiger partial charge in [0.25, 0.3) is 5.91 Å². The molecule has 9 heteroatoms. The molecule has 3 atom stereocenters. The number of nitrogens with zero attached hydrogens (tertiary/aromatic N) is 1. The van der Waals surface area contributed by atoms with Gasteiger partial charge in [-0.15, -0.1) is 0 Å². The number of rotatable bonds is 12. The SMILES string of the molecule is CCC1(C(=O)N[C@@H](Cc2ccccc2)[C@H](O)CN(CC(C)C)S(=O)(=O)c2ccc(N)cc2)CCCO1. The van der Waals surface area contributed by atoms with Crippen LogP contribution < -0.4 is 11.1 Å². The molecule has 0 spiro atoms. The van der Waals surface area contributed by atoms with Crippen molar-refractivity contribution in [3.05, 3.63) is 60.2 Å². The van der Waals surface area contributed by atoms with Gasteiger partial charge in [0, 0.05) is 25.4 Å². The third-order valence-corrected chi connectivity index (χ3v) is 8.49. The second-order valence-electron chi connectivity index (χ2n) is 9.92. The lowest BCUT2D eigenvalue weighted by molar-refractivity contribution is -0.143. The molecule has 1 unspecified atom stereocenters. The van der Waals surface area contributed by atoms with E-state index in [1.54, 1.807) is 12.1 Å². The summed E-state index contributed by atoms with van der Waals surface area (Å²) in [4.78, 5) is 13.4. The van der Waals surface area contributed by atoms with Crippen molar-refractivity contribution in [3.63, 3.8) is 0 Å². The first-order chi connectivity index (χ1) is 17.1. The Morgan fingerprint density at radius 2 is 1.81 bits per heavy atom. The quantitative estimate of drug-likeness (QED) is 0.372. The number of aliphatic hydroxyl groups excluding tert-OH is 1. The summed E-state index contributed by atoms with van der Waals surface area (Å²) in [5.41, 5.74) is 6.22. The molecule has 36 heavy (non-hydrogen) atoms. The van der Waals surface area contributed by atoms with E-state index in [-0.39, 0.29) is 29.8 Å². The van der Waals surface area contributed by atoms with Gasteiger partial charge in [0.15, 0.2) is 0 Å². The van der Waals surface area contributed by atoms with Crippen LogP contribution in [-0.4, -0.2) is 61.2 Å². The van der Waals surface area contributed by atoms with Gasteiger partial charge in [0.1, 0.15) is 5.60 Å². The lowest BCUT2D eigenvalue weighted by atomic mass is 9.94. The third kappa shape index (κ3) is 6.85. The number of hydrogen-bond acceptors (Lipinski definition) is 6. The fourth-order valence-electron chi connectivity index (χ4n) is 4.57. The Bertz CT molecular complexity index is 1080. The monoisotopic (exact) mass is 517 g/mol. The highest BCUT2D eigenvalue weighted by atomic mass is 32.2. The zero-order valence-electron chi connectivity index (χ0n) is 21.4. The number of carbonyl (C=O) groups is 1. The minimum absolute atomic E-state index is 0.0261. The molecule has 1 aliphatic heterocycles. The Morgan fingerprint density at radius 1 is 1.14 bits per heavy atom. The Morgan fingerprint density at radius 3 is 2.36 bits per heavy atom. The fourth-order valence-corrected chi connectivity index (χ4v) is 6.19. The molecule has 1 fully saturated rings. The van der Waals surface area contributed by atoms with E-state index in [4.69, 9.17) is 10.5 Å². The largest absolute Gasteiger partial charge is 0.399 e. The Hall–Kier alpha value is -2.46. The normalized spacial score (nSPS) is 19.9. The molecule has 1 aliphatic rings. The molecular formula is C27H39N3O5S. The number of anilines is 1. The van der Waals surface area contributed by atoms with E-state index in [2.05, 4.69) is 5.32 Å². The van der Waals surface area contributed by atoms with Crippen LogP contribution in [-0.2, 0) is 26.0 Å². The Labute approximate surface area is 214 Å². The van der Waals surface area contributed by atoms with Crippen molar-refractivity contribution >= 4 is 21.6 Å². The molecule has 1 heterocycles. The van der Waals surface area contributed by atoms with E-state index >= 15 is 0 Å². The maximum absolute atomic E-state index is 13.5. The van der Waals surface area contributed by atoms with Gasteiger partial charge >= 0.3 is 0 Å². The zero-order chi connectivity index (χ0) is 26.3. The first-order valence-corrected chi connectivity index (χ1v) is 14.0. The van der Waals surface area contributed by atoms with E-state index in [0.717, 1.165) is 12.0 Å². The van der Waals surface area contributed by atoms with Crippen LogP contribution in [0.3, 0.4) is 0 Å². The number of aliphatic hydroxyl groups is 1. The summed E-state index contributed by atoms with van der Waals surface area (Å²) in [6.07, 6.45) is 1.15. The summed E-state index contributed by atoms with van der Waals surface area (Å²) in [7, 11) is -3.89. The molecule has 3 rings (SSSR count).